The molecule has 0 unspecified atom stereocenters. The van der Waals surface area contributed by atoms with Crippen molar-refractivity contribution in [3.63, 3.8) is 0 Å². The number of hydrogen-bond acceptors (Lipinski definition) is 2. The third-order valence-corrected chi connectivity index (χ3v) is 5.70. The van der Waals surface area contributed by atoms with Crippen molar-refractivity contribution in [1.29, 1.82) is 0 Å². The van der Waals surface area contributed by atoms with Gasteiger partial charge in [-0.3, -0.25) is 10.00 Å². The summed E-state index contributed by atoms with van der Waals surface area (Å²) < 4.78 is 0. The Morgan fingerprint density at radius 3 is 3.08 bits per heavy atom. The maximum atomic E-state index is 4.13. The number of piperidine rings is 1. The first kappa shape index (κ1) is 15.6. The molecule has 1 aliphatic rings. The van der Waals surface area contributed by atoms with Crippen LogP contribution in [-0.2, 0) is 13.0 Å². The summed E-state index contributed by atoms with van der Waals surface area (Å²) >= 11 is 0. The molecule has 4 heteroatoms. The van der Waals surface area contributed by atoms with Crippen molar-refractivity contribution in [2.45, 2.75) is 25.8 Å². The minimum absolute atomic E-state index is 0.735. The van der Waals surface area contributed by atoms with E-state index in [0.717, 1.165) is 24.4 Å². The number of benzene rings is 2. The minimum atomic E-state index is 0.735. The van der Waals surface area contributed by atoms with E-state index in [2.05, 4.69) is 68.7 Å². The lowest BCUT2D eigenvalue weighted by Gasteiger charge is -2.32. The SMILES string of the molecule is c1ccc2c(CN3CCC[C@@H](Cc4ccc5[nH]ncc5c4)C3)c[nH]c2c1. The highest BCUT2D eigenvalue weighted by Gasteiger charge is 2.21. The van der Waals surface area contributed by atoms with E-state index < -0.39 is 0 Å². The van der Waals surface area contributed by atoms with Crippen LogP contribution in [0.15, 0.2) is 54.9 Å². The van der Waals surface area contributed by atoms with Crippen molar-refractivity contribution in [2.24, 2.45) is 5.92 Å². The van der Waals surface area contributed by atoms with E-state index in [1.807, 2.05) is 6.20 Å². The summed E-state index contributed by atoms with van der Waals surface area (Å²) in [6, 6.07) is 15.3. The van der Waals surface area contributed by atoms with Crippen molar-refractivity contribution in [3.8, 4) is 0 Å². The van der Waals surface area contributed by atoms with Crippen LogP contribution >= 0.6 is 0 Å². The number of aromatic nitrogens is 3. The average Bonchev–Trinajstić information content (AvgIpc) is 3.29. The summed E-state index contributed by atoms with van der Waals surface area (Å²) in [5, 5.41) is 9.75. The lowest BCUT2D eigenvalue weighted by atomic mass is 9.90. The number of H-pyrrole nitrogens is 2. The van der Waals surface area contributed by atoms with Crippen molar-refractivity contribution < 1.29 is 0 Å². The number of nitrogens with one attached hydrogen (secondary N) is 2. The first-order valence-corrected chi connectivity index (χ1v) is 9.54. The van der Waals surface area contributed by atoms with E-state index in [0.29, 0.717) is 0 Å². The smallest absolute Gasteiger partial charge is 0.0650 e. The van der Waals surface area contributed by atoms with Gasteiger partial charge < -0.3 is 4.98 Å². The minimum Gasteiger partial charge on any atom is -0.361 e. The molecule has 0 saturated carbocycles. The topological polar surface area (TPSA) is 47.7 Å². The quantitative estimate of drug-likeness (QED) is 0.573. The van der Waals surface area contributed by atoms with Gasteiger partial charge in [-0.05, 0) is 61.1 Å². The molecule has 132 valence electrons. The molecule has 3 heterocycles. The average molecular weight is 344 g/mol. The van der Waals surface area contributed by atoms with Crippen molar-refractivity contribution in [1.82, 2.24) is 20.1 Å². The summed E-state index contributed by atoms with van der Waals surface area (Å²) in [4.78, 5) is 6.03. The number of likely N-dealkylation sites (tertiary alicyclic amines) is 1. The monoisotopic (exact) mass is 344 g/mol. The van der Waals surface area contributed by atoms with Gasteiger partial charge in [0.05, 0.1) is 11.7 Å². The first-order chi connectivity index (χ1) is 12.8. The number of hydrogen-bond donors (Lipinski definition) is 2. The molecule has 4 nitrogen and oxygen atoms in total. The third-order valence-electron chi connectivity index (χ3n) is 5.70. The molecular weight excluding hydrogens is 320 g/mol. The molecule has 1 atom stereocenters. The van der Waals surface area contributed by atoms with Gasteiger partial charge in [-0.2, -0.15) is 5.10 Å². The zero-order valence-electron chi connectivity index (χ0n) is 14.9. The van der Waals surface area contributed by atoms with Gasteiger partial charge in [-0.25, -0.2) is 0 Å². The Labute approximate surface area is 153 Å². The van der Waals surface area contributed by atoms with Crippen LogP contribution in [0.4, 0.5) is 0 Å². The molecule has 1 aliphatic heterocycles. The Morgan fingerprint density at radius 2 is 2.08 bits per heavy atom. The van der Waals surface area contributed by atoms with Crippen LogP contribution in [0.1, 0.15) is 24.0 Å². The van der Waals surface area contributed by atoms with Crippen LogP contribution in [0.25, 0.3) is 21.8 Å². The summed E-state index contributed by atoms with van der Waals surface area (Å²) in [6.45, 7) is 3.43. The maximum Gasteiger partial charge on any atom is 0.0650 e. The van der Waals surface area contributed by atoms with Crippen LogP contribution < -0.4 is 0 Å². The van der Waals surface area contributed by atoms with Gasteiger partial charge in [0.2, 0.25) is 0 Å². The summed E-state index contributed by atoms with van der Waals surface area (Å²) in [7, 11) is 0. The van der Waals surface area contributed by atoms with Crippen LogP contribution in [0.3, 0.4) is 0 Å². The predicted octanol–water partition coefficient (Wildman–Crippen LogP) is 4.50. The van der Waals surface area contributed by atoms with Gasteiger partial charge in [0.25, 0.3) is 0 Å². The van der Waals surface area contributed by atoms with Crippen LogP contribution in [0.5, 0.6) is 0 Å². The van der Waals surface area contributed by atoms with E-state index in [1.165, 1.54) is 53.3 Å². The number of para-hydroxylation sites is 1. The highest BCUT2D eigenvalue weighted by molar-refractivity contribution is 5.83. The molecule has 2 N–H and O–H groups in total. The van der Waals surface area contributed by atoms with E-state index in [9.17, 15) is 0 Å². The van der Waals surface area contributed by atoms with Crippen LogP contribution in [0.2, 0.25) is 0 Å². The van der Waals surface area contributed by atoms with Crippen molar-refractivity contribution >= 4 is 21.8 Å². The fourth-order valence-electron chi connectivity index (χ4n) is 4.42. The summed E-state index contributed by atoms with van der Waals surface area (Å²) in [5.74, 6) is 0.735. The highest BCUT2D eigenvalue weighted by Crippen LogP contribution is 2.25. The normalized spacial score (nSPS) is 18.7. The van der Waals surface area contributed by atoms with Gasteiger partial charge in [-0.15, -0.1) is 0 Å². The zero-order valence-corrected chi connectivity index (χ0v) is 14.9. The molecule has 0 amide bonds. The molecule has 0 radical (unpaired) electrons. The largest absolute Gasteiger partial charge is 0.361 e. The predicted molar refractivity (Wildman–Crippen MR) is 106 cm³/mol. The second-order valence-corrected chi connectivity index (χ2v) is 7.60. The Kier molecular flexibility index (Phi) is 3.98. The van der Waals surface area contributed by atoms with Crippen molar-refractivity contribution in [3.05, 3.63) is 66.0 Å². The summed E-state index contributed by atoms with van der Waals surface area (Å²) in [5.41, 5.74) is 5.21. The van der Waals surface area contributed by atoms with E-state index in [1.54, 1.807) is 0 Å². The van der Waals surface area contributed by atoms with E-state index in [4.69, 9.17) is 0 Å². The van der Waals surface area contributed by atoms with Gasteiger partial charge in [0.15, 0.2) is 0 Å². The zero-order chi connectivity index (χ0) is 17.3. The fraction of sp³-hybridized carbons (Fsp3) is 0.318. The maximum absolute atomic E-state index is 4.13. The molecule has 0 aliphatic carbocycles. The molecule has 1 fully saturated rings. The van der Waals surface area contributed by atoms with Crippen molar-refractivity contribution in [2.75, 3.05) is 13.1 Å². The lowest BCUT2D eigenvalue weighted by molar-refractivity contribution is 0.167. The first-order valence-electron chi connectivity index (χ1n) is 9.54. The number of aromatic amines is 2. The lowest BCUT2D eigenvalue weighted by Crippen LogP contribution is -2.35. The highest BCUT2D eigenvalue weighted by atomic mass is 15.1. The van der Waals surface area contributed by atoms with Crippen LogP contribution in [-0.4, -0.2) is 33.2 Å². The summed E-state index contributed by atoms with van der Waals surface area (Å²) in [6.07, 6.45) is 7.88. The van der Waals surface area contributed by atoms with E-state index in [-0.39, 0.29) is 0 Å². The molecule has 4 aromatic rings. The third kappa shape index (κ3) is 3.01. The second kappa shape index (κ2) is 6.61. The Hall–Kier alpha value is -2.59. The Morgan fingerprint density at radius 1 is 1.12 bits per heavy atom. The van der Waals surface area contributed by atoms with Gasteiger partial charge in [-0.1, -0.05) is 24.3 Å². The number of rotatable bonds is 4. The van der Waals surface area contributed by atoms with Gasteiger partial charge >= 0.3 is 0 Å². The van der Waals surface area contributed by atoms with E-state index >= 15 is 0 Å². The Balaban J connectivity index is 1.28. The molecule has 1 saturated heterocycles. The van der Waals surface area contributed by atoms with Crippen LogP contribution in [0, 0.1) is 5.92 Å². The Bertz CT molecular complexity index is 1030. The number of fused-ring (bicyclic) bond motifs is 2. The fourth-order valence-corrected chi connectivity index (χ4v) is 4.42. The molecule has 0 bridgehead atoms. The molecule has 2 aromatic heterocycles. The standard InChI is InChI=1S/C22H24N4/c1-2-6-22-20(5-1)19(12-23-22)15-26-9-3-4-17(14-26)10-16-7-8-21-18(11-16)13-24-25-21/h1-2,5-8,11-13,17,23H,3-4,9-10,14-15H2,(H,24,25)/t17-/m0/s1. The molecule has 5 rings (SSSR count). The molecular formula is C22H24N4. The molecule has 0 spiro atoms. The van der Waals surface area contributed by atoms with Gasteiger partial charge in [0, 0.05) is 35.6 Å². The molecule has 2 aromatic carbocycles. The second-order valence-electron chi connectivity index (χ2n) is 7.60. The van der Waals surface area contributed by atoms with Gasteiger partial charge in [0.1, 0.15) is 0 Å². The number of nitrogens with zero attached hydrogens (tertiary/aromatic N) is 2. The molecule has 26 heavy (non-hydrogen) atoms.